The van der Waals surface area contributed by atoms with Crippen molar-refractivity contribution in [2.75, 3.05) is 36.8 Å². The molecule has 2 N–H and O–H groups in total. The molecule has 8 nitrogen and oxygen atoms in total. The molecule has 0 unspecified atom stereocenters. The number of amides is 3. The number of hydrogen-bond donors (Lipinski definition) is 2. The van der Waals surface area contributed by atoms with E-state index in [1.54, 1.807) is 55.5 Å². The lowest BCUT2D eigenvalue weighted by Crippen LogP contribution is -2.47. The van der Waals surface area contributed by atoms with Crippen molar-refractivity contribution in [3.05, 3.63) is 87.7 Å². The summed E-state index contributed by atoms with van der Waals surface area (Å²) in [7, 11) is 0. The fourth-order valence-electron chi connectivity index (χ4n) is 3.83. The molecule has 0 aliphatic carbocycles. The summed E-state index contributed by atoms with van der Waals surface area (Å²) >= 11 is 12.2. The third-order valence-electron chi connectivity index (χ3n) is 5.85. The number of nitrogens with zero attached hydrogens (tertiary/aromatic N) is 3. The molecule has 3 amide bonds. The summed E-state index contributed by atoms with van der Waals surface area (Å²) in [5.41, 5.74) is 2.47. The number of piperazine rings is 1. The predicted octanol–water partition coefficient (Wildman–Crippen LogP) is 4.56. The van der Waals surface area contributed by atoms with Crippen molar-refractivity contribution in [2.45, 2.75) is 13.5 Å². The average Bonchev–Trinajstić information content (AvgIpc) is 2.86. The number of carbonyl (C=O) groups excluding carboxylic acids is 3. The van der Waals surface area contributed by atoms with Gasteiger partial charge >= 0.3 is 0 Å². The zero-order valence-electron chi connectivity index (χ0n) is 19.6. The number of pyridine rings is 1. The molecule has 1 saturated heterocycles. The van der Waals surface area contributed by atoms with E-state index in [1.165, 1.54) is 6.20 Å². The number of aromatic nitrogens is 1. The van der Waals surface area contributed by atoms with Gasteiger partial charge in [0.05, 0.1) is 22.0 Å². The maximum Gasteiger partial charge on any atom is 0.257 e. The van der Waals surface area contributed by atoms with Crippen molar-refractivity contribution in [3.63, 3.8) is 0 Å². The monoisotopic (exact) mass is 525 g/mol. The maximum absolute atomic E-state index is 12.8. The summed E-state index contributed by atoms with van der Waals surface area (Å²) in [4.78, 5) is 45.3. The second-order valence-corrected chi connectivity index (χ2v) is 9.28. The largest absolute Gasteiger partial charge is 0.340 e. The van der Waals surface area contributed by atoms with Crippen molar-refractivity contribution >= 4 is 52.3 Å². The number of nitrogens with one attached hydrogen (secondary N) is 2. The molecule has 10 heteroatoms. The standard InChI is InChI=1S/C26H25Cl2N5O3/c1-17(34)33-11-9-32(10-12-33)16-22-6-5-19(15-29-22)26(36)30-21-7-8-23(28)24(14-21)31-25(35)18-3-2-4-20(27)13-18/h2-8,13-15H,9-12,16H2,1H3,(H,30,36)(H,31,35). The van der Waals surface area contributed by atoms with Gasteiger partial charge < -0.3 is 15.5 Å². The molecule has 186 valence electrons. The van der Waals surface area contributed by atoms with Crippen LogP contribution in [0.3, 0.4) is 0 Å². The van der Waals surface area contributed by atoms with Gasteiger partial charge in [-0.1, -0.05) is 29.3 Å². The van der Waals surface area contributed by atoms with E-state index >= 15 is 0 Å². The van der Waals surface area contributed by atoms with E-state index in [9.17, 15) is 14.4 Å². The van der Waals surface area contributed by atoms with E-state index in [0.717, 1.165) is 18.8 Å². The third kappa shape index (κ3) is 6.60. The summed E-state index contributed by atoms with van der Waals surface area (Å²) < 4.78 is 0. The minimum Gasteiger partial charge on any atom is -0.340 e. The van der Waals surface area contributed by atoms with Crippen molar-refractivity contribution in [1.82, 2.24) is 14.8 Å². The third-order valence-corrected chi connectivity index (χ3v) is 6.41. The second-order valence-electron chi connectivity index (χ2n) is 8.43. The van der Waals surface area contributed by atoms with Crippen LogP contribution < -0.4 is 10.6 Å². The van der Waals surface area contributed by atoms with Gasteiger partial charge in [0.15, 0.2) is 0 Å². The van der Waals surface area contributed by atoms with Crippen LogP contribution in [0.4, 0.5) is 11.4 Å². The Balaban J connectivity index is 1.36. The molecule has 1 aromatic heterocycles. The minimum absolute atomic E-state index is 0.0967. The normalized spacial score (nSPS) is 13.8. The first kappa shape index (κ1) is 25.6. The van der Waals surface area contributed by atoms with Crippen LogP contribution in [0.25, 0.3) is 0 Å². The molecule has 0 saturated carbocycles. The molecule has 1 aliphatic rings. The van der Waals surface area contributed by atoms with Crippen molar-refractivity contribution < 1.29 is 14.4 Å². The van der Waals surface area contributed by atoms with Gasteiger partial charge in [-0.25, -0.2) is 0 Å². The summed E-state index contributed by atoms with van der Waals surface area (Å²) in [6.07, 6.45) is 1.54. The molecular formula is C26H25Cl2N5O3. The SMILES string of the molecule is CC(=O)N1CCN(Cc2ccc(C(=O)Nc3ccc(Cl)c(NC(=O)c4cccc(Cl)c4)c3)cn2)CC1. The van der Waals surface area contributed by atoms with E-state index < -0.39 is 0 Å². The molecule has 0 spiro atoms. The number of carbonyl (C=O) groups is 3. The highest BCUT2D eigenvalue weighted by atomic mass is 35.5. The van der Waals surface area contributed by atoms with Gasteiger partial charge in [-0.2, -0.15) is 0 Å². The van der Waals surface area contributed by atoms with E-state index in [4.69, 9.17) is 23.2 Å². The van der Waals surface area contributed by atoms with Gasteiger partial charge in [0, 0.05) is 62.1 Å². The Morgan fingerprint density at radius 2 is 1.64 bits per heavy atom. The van der Waals surface area contributed by atoms with Crippen LogP contribution in [-0.4, -0.2) is 58.7 Å². The van der Waals surface area contributed by atoms with Gasteiger partial charge in [0.1, 0.15) is 0 Å². The first-order valence-corrected chi connectivity index (χ1v) is 12.1. The second kappa shape index (κ2) is 11.5. The Hall–Kier alpha value is -3.46. The van der Waals surface area contributed by atoms with Crippen molar-refractivity contribution in [1.29, 1.82) is 0 Å². The summed E-state index contributed by atoms with van der Waals surface area (Å²) in [5, 5.41) is 6.33. The topological polar surface area (TPSA) is 94.6 Å². The summed E-state index contributed by atoms with van der Waals surface area (Å²) in [5.74, 6) is -0.608. The molecule has 4 rings (SSSR count). The molecular weight excluding hydrogens is 501 g/mol. The van der Waals surface area contributed by atoms with E-state index in [1.807, 2.05) is 11.0 Å². The predicted molar refractivity (Wildman–Crippen MR) is 141 cm³/mol. The van der Waals surface area contributed by atoms with E-state index in [-0.39, 0.29) is 17.7 Å². The minimum atomic E-state index is -0.370. The van der Waals surface area contributed by atoms with Gasteiger partial charge in [0.25, 0.3) is 11.8 Å². The maximum atomic E-state index is 12.8. The van der Waals surface area contributed by atoms with Crippen LogP contribution in [-0.2, 0) is 11.3 Å². The lowest BCUT2D eigenvalue weighted by Gasteiger charge is -2.33. The lowest BCUT2D eigenvalue weighted by atomic mass is 10.2. The molecule has 36 heavy (non-hydrogen) atoms. The molecule has 0 atom stereocenters. The number of anilines is 2. The zero-order valence-corrected chi connectivity index (χ0v) is 21.1. The van der Waals surface area contributed by atoms with E-state index in [0.29, 0.717) is 52.2 Å². The summed E-state index contributed by atoms with van der Waals surface area (Å²) in [6.45, 7) is 5.23. The molecule has 2 heterocycles. The first-order chi connectivity index (χ1) is 17.3. The fraction of sp³-hybridized carbons (Fsp3) is 0.231. The zero-order chi connectivity index (χ0) is 25.7. The molecule has 0 radical (unpaired) electrons. The Morgan fingerprint density at radius 1 is 0.889 bits per heavy atom. The Labute approximate surface area is 219 Å². The van der Waals surface area contributed by atoms with Crippen molar-refractivity contribution in [2.24, 2.45) is 0 Å². The van der Waals surface area contributed by atoms with Crippen LogP contribution in [0.5, 0.6) is 0 Å². The first-order valence-electron chi connectivity index (χ1n) is 11.4. The fourth-order valence-corrected chi connectivity index (χ4v) is 4.18. The van der Waals surface area contributed by atoms with Crippen LogP contribution in [0.1, 0.15) is 33.3 Å². The van der Waals surface area contributed by atoms with Gasteiger partial charge in [-0.15, -0.1) is 0 Å². The quantitative estimate of drug-likeness (QED) is 0.491. The number of benzene rings is 2. The smallest absolute Gasteiger partial charge is 0.257 e. The number of rotatable bonds is 6. The highest BCUT2D eigenvalue weighted by Gasteiger charge is 2.19. The lowest BCUT2D eigenvalue weighted by molar-refractivity contribution is -0.130. The van der Waals surface area contributed by atoms with Crippen LogP contribution in [0, 0.1) is 0 Å². The van der Waals surface area contributed by atoms with Crippen molar-refractivity contribution in [3.8, 4) is 0 Å². The summed E-state index contributed by atoms with van der Waals surface area (Å²) in [6, 6.07) is 14.9. The van der Waals surface area contributed by atoms with Gasteiger partial charge in [0.2, 0.25) is 5.91 Å². The van der Waals surface area contributed by atoms with Crippen LogP contribution in [0.15, 0.2) is 60.8 Å². The molecule has 1 fully saturated rings. The van der Waals surface area contributed by atoms with Crippen LogP contribution in [0.2, 0.25) is 10.0 Å². The average molecular weight is 526 g/mol. The van der Waals surface area contributed by atoms with Gasteiger partial charge in [-0.3, -0.25) is 24.3 Å². The Morgan fingerprint density at radius 3 is 2.31 bits per heavy atom. The Kier molecular flexibility index (Phi) is 8.20. The highest BCUT2D eigenvalue weighted by Crippen LogP contribution is 2.27. The molecule has 3 aromatic rings. The molecule has 2 aromatic carbocycles. The number of halogens is 2. The Bertz CT molecular complexity index is 1270. The highest BCUT2D eigenvalue weighted by molar-refractivity contribution is 6.34. The molecule has 0 bridgehead atoms. The van der Waals surface area contributed by atoms with E-state index in [2.05, 4.69) is 20.5 Å². The molecule has 1 aliphatic heterocycles. The number of hydrogen-bond acceptors (Lipinski definition) is 5. The van der Waals surface area contributed by atoms with Crippen LogP contribution >= 0.6 is 23.2 Å². The van der Waals surface area contributed by atoms with Gasteiger partial charge in [-0.05, 0) is 48.5 Å².